The second-order valence-electron chi connectivity index (χ2n) is 7.17. The Hall–Kier alpha value is -1.45. The molecular formula is C18H28N2O5S2. The van der Waals surface area contributed by atoms with E-state index in [-0.39, 0.29) is 35.6 Å². The first-order valence-corrected chi connectivity index (χ1v) is 12.3. The number of rotatable bonds is 8. The molecule has 1 heterocycles. The van der Waals surface area contributed by atoms with Gasteiger partial charge in [-0.3, -0.25) is 4.79 Å². The molecule has 0 bridgehead atoms. The van der Waals surface area contributed by atoms with E-state index >= 15 is 0 Å². The quantitative estimate of drug-likeness (QED) is 0.642. The Kier molecular flexibility index (Phi) is 6.70. The van der Waals surface area contributed by atoms with Gasteiger partial charge in [0.25, 0.3) is 5.91 Å². The minimum Gasteiger partial charge on any atom is -0.336 e. The van der Waals surface area contributed by atoms with Crippen molar-refractivity contribution >= 4 is 25.8 Å². The van der Waals surface area contributed by atoms with Gasteiger partial charge in [-0.2, -0.15) is 4.31 Å². The Balaban J connectivity index is 2.06. The van der Waals surface area contributed by atoms with Crippen molar-refractivity contribution in [2.45, 2.75) is 37.8 Å². The normalized spacial score (nSPS) is 16.0. The van der Waals surface area contributed by atoms with Gasteiger partial charge in [-0.15, -0.1) is 0 Å². The van der Waals surface area contributed by atoms with E-state index in [0.29, 0.717) is 18.7 Å². The number of carbonyl (C=O) groups is 1. The van der Waals surface area contributed by atoms with Crippen molar-refractivity contribution < 1.29 is 21.6 Å². The van der Waals surface area contributed by atoms with Gasteiger partial charge in [0.1, 0.15) is 0 Å². The van der Waals surface area contributed by atoms with E-state index in [9.17, 15) is 21.6 Å². The van der Waals surface area contributed by atoms with Crippen LogP contribution in [0.15, 0.2) is 29.2 Å². The van der Waals surface area contributed by atoms with Crippen LogP contribution in [0.25, 0.3) is 0 Å². The fourth-order valence-corrected chi connectivity index (χ4v) is 6.57. The molecule has 0 atom stereocenters. The third-order valence-corrected chi connectivity index (χ3v) is 9.16. The summed E-state index contributed by atoms with van der Waals surface area (Å²) in [4.78, 5) is 14.1. The zero-order chi connectivity index (χ0) is 20.4. The number of hydrogen-bond acceptors (Lipinski definition) is 5. The SMILES string of the molecule is CCN(CC)S(=O)(=O)c1ccc(C(=O)N2CC(S(=O)(=O)CC(C)C)C2)cc1. The molecule has 1 aromatic rings. The van der Waals surface area contributed by atoms with Gasteiger partial charge >= 0.3 is 0 Å². The highest BCUT2D eigenvalue weighted by atomic mass is 32.2. The lowest BCUT2D eigenvalue weighted by Gasteiger charge is -2.39. The number of amides is 1. The van der Waals surface area contributed by atoms with Crippen LogP contribution < -0.4 is 0 Å². The Bertz CT molecular complexity index is 867. The van der Waals surface area contributed by atoms with Gasteiger partial charge in [-0.25, -0.2) is 16.8 Å². The van der Waals surface area contributed by atoms with E-state index in [0.717, 1.165) is 0 Å². The molecule has 1 fully saturated rings. The minimum absolute atomic E-state index is 0.0556. The van der Waals surface area contributed by atoms with Crippen LogP contribution in [0.1, 0.15) is 38.1 Å². The number of carbonyl (C=O) groups excluding carboxylic acids is 1. The van der Waals surface area contributed by atoms with E-state index in [2.05, 4.69) is 0 Å². The van der Waals surface area contributed by atoms with Crippen molar-refractivity contribution in [1.29, 1.82) is 0 Å². The van der Waals surface area contributed by atoms with Crippen molar-refractivity contribution in [2.75, 3.05) is 31.9 Å². The second kappa shape index (κ2) is 8.28. The third-order valence-electron chi connectivity index (χ3n) is 4.65. The molecule has 152 valence electrons. The zero-order valence-electron chi connectivity index (χ0n) is 16.3. The molecule has 0 aliphatic carbocycles. The molecule has 0 spiro atoms. The average molecular weight is 417 g/mol. The molecule has 2 rings (SSSR count). The van der Waals surface area contributed by atoms with Crippen LogP contribution in [0.4, 0.5) is 0 Å². The van der Waals surface area contributed by atoms with Crippen LogP contribution in [0.2, 0.25) is 0 Å². The molecule has 0 aromatic heterocycles. The Labute approximate surface area is 162 Å². The topological polar surface area (TPSA) is 91.8 Å². The summed E-state index contributed by atoms with van der Waals surface area (Å²) < 4.78 is 50.7. The molecular weight excluding hydrogens is 388 g/mol. The third kappa shape index (κ3) is 4.70. The molecule has 0 N–H and O–H groups in total. The van der Waals surface area contributed by atoms with Crippen LogP contribution in [-0.2, 0) is 19.9 Å². The van der Waals surface area contributed by atoms with Gasteiger partial charge < -0.3 is 4.90 Å². The van der Waals surface area contributed by atoms with Gasteiger partial charge in [-0.1, -0.05) is 27.7 Å². The summed E-state index contributed by atoms with van der Waals surface area (Å²) in [5, 5.41) is -0.508. The first-order chi connectivity index (χ1) is 12.5. The first kappa shape index (κ1) is 21.8. The Morgan fingerprint density at radius 2 is 1.59 bits per heavy atom. The molecule has 1 aromatic carbocycles. The highest BCUT2D eigenvalue weighted by Crippen LogP contribution is 2.22. The molecule has 1 saturated heterocycles. The number of nitrogens with zero attached hydrogens (tertiary/aromatic N) is 2. The molecule has 7 nitrogen and oxygen atoms in total. The van der Waals surface area contributed by atoms with Crippen molar-refractivity contribution in [3.05, 3.63) is 29.8 Å². The lowest BCUT2D eigenvalue weighted by molar-refractivity contribution is 0.0658. The summed E-state index contributed by atoms with van der Waals surface area (Å²) in [6.07, 6.45) is 0. The van der Waals surface area contributed by atoms with E-state index < -0.39 is 25.1 Å². The van der Waals surface area contributed by atoms with Crippen molar-refractivity contribution in [3.8, 4) is 0 Å². The average Bonchev–Trinajstić information content (AvgIpc) is 2.52. The van der Waals surface area contributed by atoms with Gasteiger partial charge in [0.15, 0.2) is 9.84 Å². The fourth-order valence-electron chi connectivity index (χ4n) is 3.10. The largest absolute Gasteiger partial charge is 0.336 e. The zero-order valence-corrected chi connectivity index (χ0v) is 17.9. The van der Waals surface area contributed by atoms with Crippen LogP contribution >= 0.6 is 0 Å². The number of sulfone groups is 1. The summed E-state index contributed by atoms with van der Waals surface area (Å²) in [6.45, 7) is 8.37. The van der Waals surface area contributed by atoms with E-state index in [1.165, 1.54) is 33.5 Å². The highest BCUT2D eigenvalue weighted by Gasteiger charge is 2.40. The molecule has 1 amide bonds. The van der Waals surface area contributed by atoms with Crippen LogP contribution in [0, 0.1) is 5.92 Å². The van der Waals surface area contributed by atoms with E-state index in [1.54, 1.807) is 13.8 Å². The molecule has 1 aliphatic heterocycles. The molecule has 0 saturated carbocycles. The lowest BCUT2D eigenvalue weighted by atomic mass is 10.1. The monoisotopic (exact) mass is 416 g/mol. The lowest BCUT2D eigenvalue weighted by Crippen LogP contribution is -2.57. The maximum Gasteiger partial charge on any atom is 0.253 e. The summed E-state index contributed by atoms with van der Waals surface area (Å²) in [7, 11) is -6.76. The summed E-state index contributed by atoms with van der Waals surface area (Å²) in [5.41, 5.74) is 0.355. The number of sulfonamides is 1. The van der Waals surface area contributed by atoms with Gasteiger partial charge in [-0.05, 0) is 30.2 Å². The van der Waals surface area contributed by atoms with Crippen LogP contribution in [-0.4, -0.2) is 69.1 Å². The van der Waals surface area contributed by atoms with Crippen molar-refractivity contribution in [2.24, 2.45) is 5.92 Å². The van der Waals surface area contributed by atoms with Crippen LogP contribution in [0.3, 0.4) is 0 Å². The minimum atomic E-state index is -3.57. The smallest absolute Gasteiger partial charge is 0.253 e. The maximum absolute atomic E-state index is 12.5. The summed E-state index contributed by atoms with van der Waals surface area (Å²) in [5.74, 6) is -0.102. The maximum atomic E-state index is 12.5. The Morgan fingerprint density at radius 1 is 1.07 bits per heavy atom. The molecule has 0 radical (unpaired) electrons. The van der Waals surface area contributed by atoms with Crippen molar-refractivity contribution in [3.63, 3.8) is 0 Å². The number of benzene rings is 1. The van der Waals surface area contributed by atoms with Crippen LogP contribution in [0.5, 0.6) is 0 Å². The first-order valence-electron chi connectivity index (χ1n) is 9.14. The molecule has 1 aliphatic rings. The molecule has 27 heavy (non-hydrogen) atoms. The molecule has 0 unspecified atom stereocenters. The second-order valence-corrected chi connectivity index (χ2v) is 11.4. The van der Waals surface area contributed by atoms with E-state index in [1.807, 2.05) is 13.8 Å². The van der Waals surface area contributed by atoms with Gasteiger partial charge in [0, 0.05) is 31.7 Å². The summed E-state index contributed by atoms with van der Waals surface area (Å²) in [6, 6.07) is 5.81. The molecule has 9 heteroatoms. The Morgan fingerprint density at radius 3 is 2.04 bits per heavy atom. The fraction of sp³-hybridized carbons (Fsp3) is 0.611. The standard InChI is InChI=1S/C18H28N2O5S2/c1-5-20(6-2)27(24,25)16-9-7-15(8-10-16)18(21)19-11-17(12-19)26(22,23)13-14(3)4/h7-10,14,17H,5-6,11-13H2,1-4H3. The van der Waals surface area contributed by atoms with Crippen molar-refractivity contribution in [1.82, 2.24) is 9.21 Å². The predicted octanol–water partition coefficient (Wildman–Crippen LogP) is 1.61. The highest BCUT2D eigenvalue weighted by molar-refractivity contribution is 7.92. The number of hydrogen-bond donors (Lipinski definition) is 0. The van der Waals surface area contributed by atoms with E-state index in [4.69, 9.17) is 0 Å². The van der Waals surface area contributed by atoms with Gasteiger partial charge in [0.2, 0.25) is 10.0 Å². The van der Waals surface area contributed by atoms with Gasteiger partial charge in [0.05, 0.1) is 15.9 Å². The number of likely N-dealkylation sites (tertiary alicyclic amines) is 1. The predicted molar refractivity (Wildman–Crippen MR) is 105 cm³/mol. The summed E-state index contributed by atoms with van der Waals surface area (Å²) >= 11 is 0.